The van der Waals surface area contributed by atoms with Crippen LogP contribution in [0, 0.1) is 6.92 Å². The lowest BCUT2D eigenvalue weighted by Crippen LogP contribution is -2.37. The van der Waals surface area contributed by atoms with Crippen LogP contribution < -0.4 is 11.1 Å². The highest BCUT2D eigenvalue weighted by Gasteiger charge is 2.18. The summed E-state index contributed by atoms with van der Waals surface area (Å²) in [6, 6.07) is 14.5. The van der Waals surface area contributed by atoms with Crippen molar-refractivity contribution in [2.45, 2.75) is 6.92 Å². The van der Waals surface area contributed by atoms with E-state index < -0.39 is 5.91 Å². The predicted octanol–water partition coefficient (Wildman–Crippen LogP) is 3.48. The highest BCUT2D eigenvalue weighted by molar-refractivity contribution is 7.99. The fourth-order valence-electron chi connectivity index (χ4n) is 3.52. The third-order valence-corrected chi connectivity index (χ3v) is 6.16. The zero-order valence-electron chi connectivity index (χ0n) is 17.2. The maximum Gasteiger partial charge on any atom is 0.253 e. The van der Waals surface area contributed by atoms with Crippen LogP contribution in [0.1, 0.15) is 26.3 Å². The molecule has 0 unspecified atom stereocenters. The Labute approximate surface area is 185 Å². The molecule has 0 radical (unpaired) electrons. The number of nitrogens with one attached hydrogen (secondary N) is 1. The number of hydrogen-bond acceptors (Lipinski definition) is 6. The van der Waals surface area contributed by atoms with E-state index in [0.717, 1.165) is 41.4 Å². The first-order valence-corrected chi connectivity index (χ1v) is 11.2. The van der Waals surface area contributed by atoms with Crippen LogP contribution in [0.15, 0.2) is 54.7 Å². The minimum atomic E-state index is -0.468. The van der Waals surface area contributed by atoms with Crippen LogP contribution in [-0.2, 0) is 0 Å². The van der Waals surface area contributed by atoms with Crippen LogP contribution in [0.3, 0.4) is 0 Å². The molecule has 158 valence electrons. The second-order valence-corrected chi connectivity index (χ2v) is 8.44. The Morgan fingerprint density at radius 2 is 1.81 bits per heavy atom. The molecule has 0 saturated carbocycles. The summed E-state index contributed by atoms with van der Waals surface area (Å²) >= 11 is 1.88. The number of nitrogens with two attached hydrogens (primary N) is 1. The Morgan fingerprint density at radius 3 is 2.52 bits per heavy atom. The van der Waals surface area contributed by atoms with Gasteiger partial charge in [0.2, 0.25) is 11.9 Å². The van der Waals surface area contributed by atoms with Crippen LogP contribution >= 0.6 is 11.8 Å². The molecule has 0 spiro atoms. The Balaban J connectivity index is 1.51. The van der Waals surface area contributed by atoms with E-state index in [9.17, 15) is 9.59 Å². The van der Waals surface area contributed by atoms with Gasteiger partial charge in [0, 0.05) is 53.2 Å². The Morgan fingerprint density at radius 1 is 1.06 bits per heavy atom. The van der Waals surface area contributed by atoms with Crippen molar-refractivity contribution in [3.05, 3.63) is 71.4 Å². The van der Waals surface area contributed by atoms with Crippen molar-refractivity contribution in [1.82, 2.24) is 14.9 Å². The first-order valence-electron chi connectivity index (χ1n) is 10.00. The first-order chi connectivity index (χ1) is 15.0. The van der Waals surface area contributed by atoms with Gasteiger partial charge in [-0.3, -0.25) is 9.59 Å². The molecule has 0 atom stereocenters. The number of amides is 2. The van der Waals surface area contributed by atoms with Gasteiger partial charge in [0.1, 0.15) is 0 Å². The summed E-state index contributed by atoms with van der Waals surface area (Å²) in [5.74, 6) is 2.00. The van der Waals surface area contributed by atoms with Crippen LogP contribution in [0.2, 0.25) is 0 Å². The van der Waals surface area contributed by atoms with Gasteiger partial charge in [-0.1, -0.05) is 12.1 Å². The lowest BCUT2D eigenvalue weighted by molar-refractivity contribution is 0.0772. The number of carbonyl (C=O) groups is 2. The number of aromatic nitrogens is 2. The average molecular weight is 434 g/mol. The maximum atomic E-state index is 12.6. The number of carbonyl (C=O) groups excluding carboxylic acids is 2. The summed E-state index contributed by atoms with van der Waals surface area (Å²) in [5.41, 5.74) is 9.67. The summed E-state index contributed by atoms with van der Waals surface area (Å²) in [4.78, 5) is 35.0. The average Bonchev–Trinajstić information content (AvgIpc) is 2.80. The Hall–Kier alpha value is -3.39. The molecule has 1 fully saturated rings. The van der Waals surface area contributed by atoms with E-state index in [2.05, 4.69) is 15.3 Å². The first kappa shape index (κ1) is 20.9. The van der Waals surface area contributed by atoms with Gasteiger partial charge >= 0.3 is 0 Å². The maximum absolute atomic E-state index is 12.6. The molecule has 2 heterocycles. The van der Waals surface area contributed by atoms with Gasteiger partial charge in [-0.25, -0.2) is 9.97 Å². The Bertz CT molecular complexity index is 1110. The molecule has 1 aliphatic heterocycles. The van der Waals surface area contributed by atoms with Crippen molar-refractivity contribution < 1.29 is 9.59 Å². The third-order valence-electron chi connectivity index (χ3n) is 5.22. The SMILES string of the molecule is Cc1c(C(N)=O)cccc1-c1ccnc(Nc2ccc(C(=O)N3CCSCC3)cc2)n1. The second kappa shape index (κ2) is 9.18. The highest BCUT2D eigenvalue weighted by Crippen LogP contribution is 2.25. The van der Waals surface area contributed by atoms with E-state index in [1.807, 2.05) is 53.9 Å². The second-order valence-electron chi connectivity index (χ2n) is 7.21. The molecule has 2 amide bonds. The summed E-state index contributed by atoms with van der Waals surface area (Å²) in [6.45, 7) is 3.43. The molecule has 31 heavy (non-hydrogen) atoms. The number of anilines is 2. The monoisotopic (exact) mass is 433 g/mol. The van der Waals surface area contributed by atoms with Crippen molar-refractivity contribution in [3.8, 4) is 11.3 Å². The van der Waals surface area contributed by atoms with Crippen molar-refractivity contribution >= 4 is 35.2 Å². The highest BCUT2D eigenvalue weighted by atomic mass is 32.2. The van der Waals surface area contributed by atoms with E-state index in [1.54, 1.807) is 24.4 Å². The van der Waals surface area contributed by atoms with Gasteiger partial charge in [0.25, 0.3) is 5.91 Å². The van der Waals surface area contributed by atoms with Crippen LogP contribution in [0.5, 0.6) is 0 Å². The van der Waals surface area contributed by atoms with Crippen molar-refractivity contribution in [3.63, 3.8) is 0 Å². The molecular weight excluding hydrogens is 410 g/mol. The van der Waals surface area contributed by atoms with Gasteiger partial charge in [0.15, 0.2) is 0 Å². The quantitative estimate of drug-likeness (QED) is 0.639. The largest absolute Gasteiger partial charge is 0.366 e. The number of primary amides is 1. The number of rotatable bonds is 5. The molecular formula is C23H23N5O2S. The minimum Gasteiger partial charge on any atom is -0.366 e. The number of benzene rings is 2. The normalized spacial score (nSPS) is 13.6. The number of nitrogens with zero attached hydrogens (tertiary/aromatic N) is 3. The topological polar surface area (TPSA) is 101 Å². The summed E-state index contributed by atoms with van der Waals surface area (Å²) in [7, 11) is 0. The Kier molecular flexibility index (Phi) is 6.18. The molecule has 7 nitrogen and oxygen atoms in total. The van der Waals surface area contributed by atoms with E-state index >= 15 is 0 Å². The molecule has 8 heteroatoms. The molecule has 0 aliphatic carbocycles. The van der Waals surface area contributed by atoms with Gasteiger partial charge in [-0.05, 0) is 48.9 Å². The van der Waals surface area contributed by atoms with Crippen molar-refractivity contribution in [2.75, 3.05) is 29.9 Å². The van der Waals surface area contributed by atoms with E-state index in [0.29, 0.717) is 22.8 Å². The molecule has 1 saturated heterocycles. The summed E-state index contributed by atoms with van der Waals surface area (Å²) in [6.07, 6.45) is 1.66. The molecule has 4 rings (SSSR count). The zero-order chi connectivity index (χ0) is 21.8. The predicted molar refractivity (Wildman–Crippen MR) is 124 cm³/mol. The smallest absolute Gasteiger partial charge is 0.253 e. The fourth-order valence-corrected chi connectivity index (χ4v) is 4.43. The molecule has 3 N–H and O–H groups in total. The molecule has 0 bridgehead atoms. The van der Waals surface area contributed by atoms with Crippen LogP contribution in [0.25, 0.3) is 11.3 Å². The van der Waals surface area contributed by atoms with Gasteiger partial charge in [-0.2, -0.15) is 11.8 Å². The van der Waals surface area contributed by atoms with Crippen LogP contribution in [-0.4, -0.2) is 51.3 Å². The third kappa shape index (κ3) is 4.69. The lowest BCUT2D eigenvalue weighted by Gasteiger charge is -2.26. The lowest BCUT2D eigenvalue weighted by atomic mass is 9.99. The standard InChI is InChI=1S/C23H23N5O2S/c1-15-18(3-2-4-19(15)21(24)29)20-9-10-25-23(27-20)26-17-7-5-16(6-8-17)22(30)28-11-13-31-14-12-28/h2-10H,11-14H2,1H3,(H2,24,29)(H,25,26,27). The van der Waals surface area contributed by atoms with E-state index in [-0.39, 0.29) is 5.91 Å². The molecule has 1 aromatic heterocycles. The fraction of sp³-hybridized carbons (Fsp3) is 0.217. The van der Waals surface area contributed by atoms with E-state index in [4.69, 9.17) is 5.73 Å². The molecule has 1 aliphatic rings. The number of thioether (sulfide) groups is 1. The van der Waals surface area contributed by atoms with Gasteiger partial charge < -0.3 is 16.0 Å². The minimum absolute atomic E-state index is 0.0647. The summed E-state index contributed by atoms with van der Waals surface area (Å²) in [5, 5.41) is 3.17. The summed E-state index contributed by atoms with van der Waals surface area (Å²) < 4.78 is 0. The van der Waals surface area contributed by atoms with Gasteiger partial charge in [-0.15, -0.1) is 0 Å². The molecule has 3 aromatic rings. The van der Waals surface area contributed by atoms with Crippen molar-refractivity contribution in [2.24, 2.45) is 5.73 Å². The van der Waals surface area contributed by atoms with E-state index in [1.165, 1.54) is 0 Å². The molecule has 2 aromatic carbocycles. The van der Waals surface area contributed by atoms with Crippen LogP contribution in [0.4, 0.5) is 11.6 Å². The number of hydrogen-bond donors (Lipinski definition) is 2. The zero-order valence-corrected chi connectivity index (χ0v) is 18.0. The van der Waals surface area contributed by atoms with Gasteiger partial charge in [0.05, 0.1) is 5.69 Å². The van der Waals surface area contributed by atoms with Crippen molar-refractivity contribution in [1.29, 1.82) is 0 Å².